The summed E-state index contributed by atoms with van der Waals surface area (Å²) in [6.45, 7) is 1.47. The molecule has 0 radical (unpaired) electrons. The molecule has 0 heterocycles. The first-order valence-corrected chi connectivity index (χ1v) is 7.06. The zero-order chi connectivity index (χ0) is 13.4. The average Bonchev–Trinajstić information content (AvgIpc) is 3.09. The second kappa shape index (κ2) is 4.35. The average molecular weight is 266 g/mol. The lowest BCUT2D eigenvalue weighted by Gasteiger charge is -2.16. The van der Waals surface area contributed by atoms with Gasteiger partial charge in [-0.2, -0.15) is 5.26 Å². The van der Waals surface area contributed by atoms with Crippen LogP contribution in [0.3, 0.4) is 0 Å². The molecule has 0 bridgehead atoms. The number of hydrogen-bond acceptors (Lipinski definition) is 4. The van der Waals surface area contributed by atoms with E-state index in [1.54, 1.807) is 19.1 Å². The van der Waals surface area contributed by atoms with Crippen LogP contribution in [0.4, 0.5) is 0 Å². The van der Waals surface area contributed by atoms with E-state index < -0.39 is 15.6 Å². The van der Waals surface area contributed by atoms with Crippen LogP contribution in [0.1, 0.15) is 24.0 Å². The standard InChI is InChI=1S/C12H14N2O3S/c1-9-2-3-10(7-13)6-11(9)18(16,17)14-12(8-15)4-5-12/h2-3,6,14-15H,4-5,8H2,1H3. The molecule has 0 aromatic heterocycles. The third-order valence-corrected chi connectivity index (χ3v) is 4.83. The van der Waals surface area contributed by atoms with Gasteiger partial charge in [-0.15, -0.1) is 0 Å². The van der Waals surface area contributed by atoms with Gasteiger partial charge in [-0.05, 0) is 37.5 Å². The van der Waals surface area contributed by atoms with Crippen molar-refractivity contribution in [3.8, 4) is 6.07 Å². The van der Waals surface area contributed by atoms with Crippen LogP contribution < -0.4 is 4.72 Å². The molecule has 2 N–H and O–H groups in total. The Kier molecular flexibility index (Phi) is 3.15. The van der Waals surface area contributed by atoms with Crippen molar-refractivity contribution in [1.82, 2.24) is 4.72 Å². The van der Waals surface area contributed by atoms with Gasteiger partial charge in [0.25, 0.3) is 0 Å². The van der Waals surface area contributed by atoms with Crippen molar-refractivity contribution in [2.75, 3.05) is 6.61 Å². The van der Waals surface area contributed by atoms with Gasteiger partial charge in [0.2, 0.25) is 10.0 Å². The van der Waals surface area contributed by atoms with Gasteiger partial charge in [0.05, 0.1) is 28.7 Å². The quantitative estimate of drug-likeness (QED) is 0.838. The van der Waals surface area contributed by atoms with Crippen molar-refractivity contribution in [2.45, 2.75) is 30.2 Å². The summed E-state index contributed by atoms with van der Waals surface area (Å²) in [6, 6.07) is 6.45. The Morgan fingerprint density at radius 1 is 1.50 bits per heavy atom. The van der Waals surface area contributed by atoms with Crippen LogP contribution in [-0.2, 0) is 10.0 Å². The molecule has 18 heavy (non-hydrogen) atoms. The van der Waals surface area contributed by atoms with Crippen molar-refractivity contribution in [2.24, 2.45) is 0 Å². The van der Waals surface area contributed by atoms with E-state index in [0.717, 1.165) is 0 Å². The van der Waals surface area contributed by atoms with Crippen LogP contribution in [0.5, 0.6) is 0 Å². The van der Waals surface area contributed by atoms with Gasteiger partial charge in [0.15, 0.2) is 0 Å². The fraction of sp³-hybridized carbons (Fsp3) is 0.417. The summed E-state index contributed by atoms with van der Waals surface area (Å²) >= 11 is 0. The zero-order valence-electron chi connectivity index (χ0n) is 9.97. The predicted octanol–water partition coefficient (Wildman–Crippen LogP) is 0.670. The number of aliphatic hydroxyl groups excluding tert-OH is 1. The van der Waals surface area contributed by atoms with E-state index in [9.17, 15) is 8.42 Å². The van der Waals surface area contributed by atoms with E-state index in [1.165, 1.54) is 6.07 Å². The summed E-state index contributed by atoms with van der Waals surface area (Å²) < 4.78 is 26.9. The Bertz CT molecular complexity index is 613. The summed E-state index contributed by atoms with van der Waals surface area (Å²) in [6.07, 6.45) is 1.28. The first kappa shape index (κ1) is 13.0. The zero-order valence-corrected chi connectivity index (χ0v) is 10.8. The van der Waals surface area contributed by atoms with Gasteiger partial charge in [0.1, 0.15) is 0 Å². The number of nitrogens with zero attached hydrogens (tertiary/aromatic N) is 1. The molecule has 96 valence electrons. The fourth-order valence-electron chi connectivity index (χ4n) is 1.74. The normalized spacial score (nSPS) is 17.2. The molecule has 1 aliphatic rings. The number of benzene rings is 1. The van der Waals surface area contributed by atoms with E-state index in [2.05, 4.69) is 4.72 Å². The Balaban J connectivity index is 2.38. The second-order valence-corrected chi connectivity index (χ2v) is 6.29. The maximum Gasteiger partial charge on any atom is 0.241 e. The van der Waals surface area contributed by atoms with Crippen molar-refractivity contribution in [3.63, 3.8) is 0 Å². The Labute approximate surface area is 106 Å². The van der Waals surface area contributed by atoms with E-state index >= 15 is 0 Å². The third-order valence-electron chi connectivity index (χ3n) is 3.11. The lowest BCUT2D eigenvalue weighted by Crippen LogP contribution is -2.39. The lowest BCUT2D eigenvalue weighted by molar-refractivity contribution is 0.246. The molecule has 1 fully saturated rings. The molecule has 0 aliphatic heterocycles. The molecular formula is C12H14N2O3S. The summed E-state index contributed by atoms with van der Waals surface area (Å²) in [5.74, 6) is 0. The molecule has 0 spiro atoms. The van der Waals surface area contributed by atoms with Crippen LogP contribution in [-0.4, -0.2) is 25.7 Å². The number of nitrogens with one attached hydrogen (secondary N) is 1. The molecule has 1 saturated carbocycles. The SMILES string of the molecule is Cc1ccc(C#N)cc1S(=O)(=O)NC1(CO)CC1. The smallest absolute Gasteiger partial charge is 0.241 e. The molecule has 0 unspecified atom stereocenters. The third kappa shape index (κ3) is 2.38. The van der Waals surface area contributed by atoms with Gasteiger partial charge in [-0.25, -0.2) is 13.1 Å². The highest BCUT2D eigenvalue weighted by Crippen LogP contribution is 2.36. The monoisotopic (exact) mass is 266 g/mol. The van der Waals surface area contributed by atoms with Gasteiger partial charge < -0.3 is 5.11 Å². The van der Waals surface area contributed by atoms with Crippen molar-refractivity contribution in [3.05, 3.63) is 29.3 Å². The highest BCUT2D eigenvalue weighted by molar-refractivity contribution is 7.89. The molecule has 6 heteroatoms. The van der Waals surface area contributed by atoms with E-state index in [-0.39, 0.29) is 11.5 Å². The fourth-order valence-corrected chi connectivity index (χ4v) is 3.47. The molecule has 1 aliphatic carbocycles. The highest BCUT2D eigenvalue weighted by Gasteiger charge is 2.45. The van der Waals surface area contributed by atoms with E-state index in [0.29, 0.717) is 24.0 Å². The summed E-state index contributed by atoms with van der Waals surface area (Å²) in [4.78, 5) is 0.0984. The first-order chi connectivity index (χ1) is 8.42. The van der Waals surface area contributed by atoms with Crippen molar-refractivity contribution in [1.29, 1.82) is 5.26 Å². The largest absolute Gasteiger partial charge is 0.394 e. The van der Waals surface area contributed by atoms with Gasteiger partial charge in [-0.1, -0.05) is 6.07 Å². The molecule has 0 amide bonds. The predicted molar refractivity (Wildman–Crippen MR) is 65.3 cm³/mol. The topological polar surface area (TPSA) is 90.2 Å². The number of rotatable bonds is 4. The van der Waals surface area contributed by atoms with Gasteiger partial charge in [-0.3, -0.25) is 0 Å². The minimum absolute atomic E-state index is 0.0984. The maximum absolute atomic E-state index is 12.2. The van der Waals surface area contributed by atoms with Crippen molar-refractivity contribution < 1.29 is 13.5 Å². The van der Waals surface area contributed by atoms with Gasteiger partial charge in [0, 0.05) is 0 Å². The summed E-state index contributed by atoms with van der Waals surface area (Å²) in [7, 11) is -3.69. The van der Waals surface area contributed by atoms with Crippen LogP contribution >= 0.6 is 0 Å². The van der Waals surface area contributed by atoms with Crippen LogP contribution in [0.15, 0.2) is 23.1 Å². The Hall–Kier alpha value is -1.42. The molecule has 0 atom stereocenters. The molecule has 5 nitrogen and oxygen atoms in total. The molecule has 1 aromatic carbocycles. The first-order valence-electron chi connectivity index (χ1n) is 5.58. The second-order valence-electron chi connectivity index (χ2n) is 4.64. The highest BCUT2D eigenvalue weighted by atomic mass is 32.2. The Morgan fingerprint density at radius 2 is 2.17 bits per heavy atom. The lowest BCUT2D eigenvalue weighted by atomic mass is 10.2. The number of sulfonamides is 1. The van der Waals surface area contributed by atoms with E-state index in [4.69, 9.17) is 10.4 Å². The number of aryl methyl sites for hydroxylation is 1. The minimum Gasteiger partial charge on any atom is -0.394 e. The van der Waals surface area contributed by atoms with Crippen molar-refractivity contribution >= 4 is 10.0 Å². The Morgan fingerprint density at radius 3 is 2.67 bits per heavy atom. The molecule has 0 saturated heterocycles. The summed E-state index contributed by atoms with van der Waals surface area (Å²) in [5.41, 5.74) is 0.179. The van der Waals surface area contributed by atoms with E-state index in [1.807, 2.05) is 6.07 Å². The molecular weight excluding hydrogens is 252 g/mol. The molecule has 1 aromatic rings. The molecule has 2 rings (SSSR count). The minimum atomic E-state index is -3.69. The van der Waals surface area contributed by atoms with Crippen LogP contribution in [0.2, 0.25) is 0 Å². The maximum atomic E-state index is 12.2. The number of aliphatic hydroxyl groups is 1. The van der Waals surface area contributed by atoms with Crippen LogP contribution in [0, 0.1) is 18.3 Å². The number of hydrogen-bond donors (Lipinski definition) is 2. The number of nitriles is 1. The van der Waals surface area contributed by atoms with Crippen LogP contribution in [0.25, 0.3) is 0 Å². The van der Waals surface area contributed by atoms with Gasteiger partial charge >= 0.3 is 0 Å². The summed E-state index contributed by atoms with van der Waals surface area (Å²) in [5, 5.41) is 18.0.